The summed E-state index contributed by atoms with van der Waals surface area (Å²) >= 11 is 0. The first-order valence-corrected chi connectivity index (χ1v) is 6.22. The summed E-state index contributed by atoms with van der Waals surface area (Å²) in [4.78, 5) is 13.7. The minimum absolute atomic E-state index is 0.0668. The fraction of sp³-hybridized carbons (Fsp3) is 0.833. The molecule has 1 fully saturated rings. The van der Waals surface area contributed by atoms with Gasteiger partial charge in [0, 0.05) is 32.2 Å². The summed E-state index contributed by atoms with van der Waals surface area (Å²) in [5, 5.41) is 11.6. The molecule has 0 saturated carbocycles. The maximum atomic E-state index is 11.5. The summed E-state index contributed by atoms with van der Waals surface area (Å²) in [5.74, 6) is 0.0668. The molecule has 1 amide bonds. The van der Waals surface area contributed by atoms with E-state index in [1.807, 2.05) is 6.92 Å². The Morgan fingerprint density at radius 3 is 2.82 bits per heavy atom. The maximum absolute atomic E-state index is 11.5. The van der Waals surface area contributed by atoms with Gasteiger partial charge >= 0.3 is 0 Å². The lowest BCUT2D eigenvalue weighted by atomic mass is 10.1. The lowest BCUT2D eigenvalue weighted by Crippen LogP contribution is -2.44. The summed E-state index contributed by atoms with van der Waals surface area (Å²) in [5.41, 5.74) is 0. The SMILES string of the molecule is CCOCCC(=O)NC1CCN(CC#N)CC1. The first-order valence-electron chi connectivity index (χ1n) is 6.22. The monoisotopic (exact) mass is 239 g/mol. The molecule has 0 aromatic heterocycles. The van der Waals surface area contributed by atoms with E-state index < -0.39 is 0 Å². The molecule has 1 rings (SSSR count). The Balaban J connectivity index is 2.13. The minimum Gasteiger partial charge on any atom is -0.381 e. The molecule has 0 aromatic rings. The molecule has 1 heterocycles. The van der Waals surface area contributed by atoms with Crippen molar-refractivity contribution in [3.05, 3.63) is 0 Å². The van der Waals surface area contributed by atoms with Crippen molar-refractivity contribution in [3.8, 4) is 6.07 Å². The Kier molecular flexibility index (Phi) is 6.60. The van der Waals surface area contributed by atoms with Crippen molar-refractivity contribution >= 4 is 5.91 Å². The molecule has 0 bridgehead atoms. The first-order chi connectivity index (χ1) is 8.26. The van der Waals surface area contributed by atoms with E-state index in [0.29, 0.717) is 26.2 Å². The van der Waals surface area contributed by atoms with Gasteiger partial charge in [-0.15, -0.1) is 0 Å². The quantitative estimate of drug-likeness (QED) is 0.542. The molecule has 1 aliphatic rings. The summed E-state index contributed by atoms with van der Waals surface area (Å²) in [7, 11) is 0. The molecule has 96 valence electrons. The Morgan fingerprint density at radius 1 is 1.53 bits per heavy atom. The molecule has 17 heavy (non-hydrogen) atoms. The van der Waals surface area contributed by atoms with Crippen molar-refractivity contribution in [3.63, 3.8) is 0 Å². The molecular formula is C12H21N3O2. The number of hydrogen-bond acceptors (Lipinski definition) is 4. The summed E-state index contributed by atoms with van der Waals surface area (Å²) in [6.45, 7) is 5.34. The van der Waals surface area contributed by atoms with E-state index >= 15 is 0 Å². The van der Waals surface area contributed by atoms with Crippen molar-refractivity contribution in [2.75, 3.05) is 32.8 Å². The normalized spacial score (nSPS) is 17.6. The molecule has 1 N–H and O–H groups in total. The van der Waals surface area contributed by atoms with E-state index in [2.05, 4.69) is 16.3 Å². The van der Waals surface area contributed by atoms with Gasteiger partial charge in [-0.05, 0) is 19.8 Å². The highest BCUT2D eigenvalue weighted by Gasteiger charge is 2.19. The molecule has 0 unspecified atom stereocenters. The zero-order chi connectivity index (χ0) is 12.5. The van der Waals surface area contributed by atoms with Crippen LogP contribution in [0.25, 0.3) is 0 Å². The number of nitriles is 1. The minimum atomic E-state index is 0.0668. The Hall–Kier alpha value is -1.12. The maximum Gasteiger partial charge on any atom is 0.222 e. The van der Waals surface area contributed by atoms with Crippen LogP contribution in [0.5, 0.6) is 0 Å². The number of carbonyl (C=O) groups is 1. The molecule has 1 aliphatic heterocycles. The van der Waals surface area contributed by atoms with Gasteiger partial charge < -0.3 is 10.1 Å². The van der Waals surface area contributed by atoms with E-state index in [0.717, 1.165) is 25.9 Å². The molecule has 0 spiro atoms. The standard InChI is InChI=1S/C12H21N3O2/c1-2-17-10-5-12(16)14-11-3-7-15(8-4-11)9-6-13/h11H,2-5,7-10H2,1H3,(H,14,16). The van der Waals surface area contributed by atoms with Crippen LogP contribution in [0.4, 0.5) is 0 Å². The van der Waals surface area contributed by atoms with Gasteiger partial charge in [0.1, 0.15) is 0 Å². The molecule has 1 saturated heterocycles. The van der Waals surface area contributed by atoms with Crippen molar-refractivity contribution in [2.24, 2.45) is 0 Å². The van der Waals surface area contributed by atoms with Crippen LogP contribution in [0.2, 0.25) is 0 Å². The van der Waals surface area contributed by atoms with E-state index in [9.17, 15) is 4.79 Å². The predicted molar refractivity (Wildman–Crippen MR) is 64.3 cm³/mol. The summed E-state index contributed by atoms with van der Waals surface area (Å²) < 4.78 is 5.14. The van der Waals surface area contributed by atoms with E-state index in [4.69, 9.17) is 10.00 Å². The van der Waals surface area contributed by atoms with Crippen molar-refractivity contribution in [1.82, 2.24) is 10.2 Å². The Morgan fingerprint density at radius 2 is 2.24 bits per heavy atom. The number of piperidine rings is 1. The summed E-state index contributed by atoms with van der Waals surface area (Å²) in [6.07, 6.45) is 2.30. The van der Waals surface area contributed by atoms with Gasteiger partial charge in [0.25, 0.3) is 0 Å². The van der Waals surface area contributed by atoms with Gasteiger partial charge in [0.15, 0.2) is 0 Å². The fourth-order valence-corrected chi connectivity index (χ4v) is 1.94. The zero-order valence-corrected chi connectivity index (χ0v) is 10.4. The van der Waals surface area contributed by atoms with Gasteiger partial charge in [0.05, 0.1) is 19.2 Å². The number of likely N-dealkylation sites (tertiary alicyclic amines) is 1. The average Bonchev–Trinajstić information content (AvgIpc) is 2.32. The number of nitrogens with zero attached hydrogens (tertiary/aromatic N) is 2. The topological polar surface area (TPSA) is 65.4 Å². The Labute approximate surface area is 103 Å². The third-order valence-electron chi connectivity index (χ3n) is 2.92. The lowest BCUT2D eigenvalue weighted by molar-refractivity contribution is -0.123. The molecular weight excluding hydrogens is 218 g/mol. The zero-order valence-electron chi connectivity index (χ0n) is 10.4. The van der Waals surface area contributed by atoms with Crippen molar-refractivity contribution in [2.45, 2.75) is 32.2 Å². The number of carbonyl (C=O) groups excluding carboxylic acids is 1. The van der Waals surface area contributed by atoms with Crippen LogP contribution in [0.15, 0.2) is 0 Å². The number of hydrogen-bond donors (Lipinski definition) is 1. The second kappa shape index (κ2) is 8.04. The third kappa shape index (κ3) is 5.66. The molecule has 0 atom stereocenters. The number of rotatable bonds is 6. The highest BCUT2D eigenvalue weighted by molar-refractivity contribution is 5.76. The van der Waals surface area contributed by atoms with Gasteiger partial charge in [-0.25, -0.2) is 0 Å². The second-order valence-corrected chi connectivity index (χ2v) is 4.22. The van der Waals surface area contributed by atoms with E-state index in [1.54, 1.807) is 0 Å². The molecule has 5 nitrogen and oxygen atoms in total. The van der Waals surface area contributed by atoms with Crippen LogP contribution in [0.1, 0.15) is 26.2 Å². The van der Waals surface area contributed by atoms with Crippen LogP contribution in [0.3, 0.4) is 0 Å². The van der Waals surface area contributed by atoms with Crippen LogP contribution < -0.4 is 5.32 Å². The molecule has 0 radical (unpaired) electrons. The van der Waals surface area contributed by atoms with Crippen molar-refractivity contribution in [1.29, 1.82) is 5.26 Å². The largest absolute Gasteiger partial charge is 0.381 e. The van der Waals surface area contributed by atoms with Crippen LogP contribution in [-0.4, -0.2) is 49.7 Å². The number of ether oxygens (including phenoxy) is 1. The van der Waals surface area contributed by atoms with Gasteiger partial charge in [-0.3, -0.25) is 9.69 Å². The van der Waals surface area contributed by atoms with Crippen LogP contribution in [0, 0.1) is 11.3 Å². The first kappa shape index (κ1) is 13.9. The number of amides is 1. The fourth-order valence-electron chi connectivity index (χ4n) is 1.94. The summed E-state index contributed by atoms with van der Waals surface area (Å²) in [6, 6.07) is 2.41. The van der Waals surface area contributed by atoms with E-state index in [-0.39, 0.29) is 11.9 Å². The second-order valence-electron chi connectivity index (χ2n) is 4.22. The Bertz CT molecular complexity index is 267. The van der Waals surface area contributed by atoms with Gasteiger partial charge in [-0.1, -0.05) is 0 Å². The van der Waals surface area contributed by atoms with Crippen LogP contribution >= 0.6 is 0 Å². The smallest absolute Gasteiger partial charge is 0.222 e. The van der Waals surface area contributed by atoms with E-state index in [1.165, 1.54) is 0 Å². The molecule has 0 aromatic carbocycles. The predicted octanol–water partition coefficient (Wildman–Crippen LogP) is 0.517. The number of nitrogens with one attached hydrogen (secondary N) is 1. The molecule has 5 heteroatoms. The highest BCUT2D eigenvalue weighted by atomic mass is 16.5. The van der Waals surface area contributed by atoms with Crippen LogP contribution in [-0.2, 0) is 9.53 Å². The average molecular weight is 239 g/mol. The lowest BCUT2D eigenvalue weighted by Gasteiger charge is -2.30. The highest BCUT2D eigenvalue weighted by Crippen LogP contribution is 2.09. The van der Waals surface area contributed by atoms with Crippen molar-refractivity contribution < 1.29 is 9.53 Å². The van der Waals surface area contributed by atoms with Gasteiger partial charge in [-0.2, -0.15) is 5.26 Å². The molecule has 0 aliphatic carbocycles. The van der Waals surface area contributed by atoms with Gasteiger partial charge in [0.2, 0.25) is 5.91 Å². The third-order valence-corrected chi connectivity index (χ3v) is 2.92.